The molecule has 0 N–H and O–H groups in total. The van der Waals surface area contributed by atoms with E-state index in [1.165, 1.54) is 0 Å². The van der Waals surface area contributed by atoms with E-state index < -0.39 is 0 Å². The first-order valence-corrected chi connectivity index (χ1v) is 4.33. The lowest BCUT2D eigenvalue weighted by molar-refractivity contribution is 0.211. The molecule has 66 valence electrons. The van der Waals surface area contributed by atoms with Crippen LogP contribution in [0.5, 0.6) is 0 Å². The largest absolute Gasteiger partial charge is 0.281 e. The van der Waals surface area contributed by atoms with Gasteiger partial charge in [0.25, 0.3) is 0 Å². The van der Waals surface area contributed by atoms with Gasteiger partial charge in [-0.1, -0.05) is 20.8 Å². The standard InChI is InChI=1S/C8H19N3/c1-5-8(10-9-4)11(6-2)7-3/h8H,5-7H2,1-4H3/b10-9+. The molecule has 0 fully saturated rings. The van der Waals surface area contributed by atoms with Gasteiger partial charge in [0, 0.05) is 7.05 Å². The fourth-order valence-corrected chi connectivity index (χ4v) is 1.19. The van der Waals surface area contributed by atoms with E-state index in [9.17, 15) is 0 Å². The van der Waals surface area contributed by atoms with Gasteiger partial charge in [-0.25, -0.2) is 0 Å². The Bertz CT molecular complexity index is 108. The highest BCUT2D eigenvalue weighted by Gasteiger charge is 2.10. The van der Waals surface area contributed by atoms with E-state index in [4.69, 9.17) is 0 Å². The van der Waals surface area contributed by atoms with Crippen LogP contribution in [0.15, 0.2) is 10.2 Å². The maximum atomic E-state index is 4.14. The van der Waals surface area contributed by atoms with E-state index in [-0.39, 0.29) is 6.17 Å². The summed E-state index contributed by atoms with van der Waals surface area (Å²) in [6.45, 7) is 8.54. The molecule has 0 aliphatic carbocycles. The van der Waals surface area contributed by atoms with Crippen molar-refractivity contribution in [3.63, 3.8) is 0 Å². The van der Waals surface area contributed by atoms with Crippen LogP contribution in [0.3, 0.4) is 0 Å². The number of hydrogen-bond donors (Lipinski definition) is 0. The third-order valence-corrected chi connectivity index (χ3v) is 1.85. The van der Waals surface area contributed by atoms with Gasteiger partial charge in [0.1, 0.15) is 6.17 Å². The minimum Gasteiger partial charge on any atom is -0.281 e. The molecule has 0 rings (SSSR count). The lowest BCUT2D eigenvalue weighted by atomic mass is 10.3. The van der Waals surface area contributed by atoms with Crippen LogP contribution in [0.2, 0.25) is 0 Å². The normalized spacial score (nSPS) is 14.6. The van der Waals surface area contributed by atoms with Crippen LogP contribution in [-0.4, -0.2) is 31.2 Å². The van der Waals surface area contributed by atoms with Crippen molar-refractivity contribution in [1.82, 2.24) is 4.90 Å². The summed E-state index contributed by atoms with van der Waals surface area (Å²) in [5, 5.41) is 7.94. The smallest absolute Gasteiger partial charge is 0.123 e. The van der Waals surface area contributed by atoms with Crippen molar-refractivity contribution in [2.24, 2.45) is 10.2 Å². The molecule has 0 aromatic carbocycles. The van der Waals surface area contributed by atoms with Gasteiger partial charge in [-0.3, -0.25) is 4.90 Å². The molecular formula is C8H19N3. The molecule has 0 heterocycles. The SMILES string of the molecule is CCC(/N=N/C)N(CC)CC. The van der Waals surface area contributed by atoms with Crippen molar-refractivity contribution in [3.8, 4) is 0 Å². The van der Waals surface area contributed by atoms with Gasteiger partial charge in [0.15, 0.2) is 0 Å². The third-order valence-electron chi connectivity index (χ3n) is 1.85. The van der Waals surface area contributed by atoms with E-state index in [0.717, 1.165) is 19.5 Å². The third kappa shape index (κ3) is 3.46. The molecule has 0 saturated carbocycles. The van der Waals surface area contributed by atoms with E-state index in [2.05, 4.69) is 35.9 Å². The van der Waals surface area contributed by atoms with Crippen molar-refractivity contribution < 1.29 is 0 Å². The van der Waals surface area contributed by atoms with Crippen molar-refractivity contribution in [3.05, 3.63) is 0 Å². The van der Waals surface area contributed by atoms with Crippen LogP contribution in [-0.2, 0) is 0 Å². The molecule has 0 amide bonds. The Morgan fingerprint density at radius 3 is 2.00 bits per heavy atom. The topological polar surface area (TPSA) is 28.0 Å². The molecule has 0 aromatic rings. The monoisotopic (exact) mass is 157 g/mol. The summed E-state index contributed by atoms with van der Waals surface area (Å²) in [5.41, 5.74) is 0. The number of rotatable bonds is 5. The molecule has 0 aromatic heterocycles. The molecule has 0 radical (unpaired) electrons. The highest BCUT2D eigenvalue weighted by Crippen LogP contribution is 2.04. The molecular weight excluding hydrogens is 138 g/mol. The Kier molecular flexibility index (Phi) is 6.03. The highest BCUT2D eigenvalue weighted by molar-refractivity contribution is 4.62. The molecule has 1 unspecified atom stereocenters. The summed E-state index contributed by atoms with van der Waals surface area (Å²) in [7, 11) is 1.73. The van der Waals surface area contributed by atoms with Gasteiger partial charge in [-0.15, -0.1) is 0 Å². The van der Waals surface area contributed by atoms with Crippen molar-refractivity contribution >= 4 is 0 Å². The molecule has 0 bridgehead atoms. The minimum absolute atomic E-state index is 0.287. The summed E-state index contributed by atoms with van der Waals surface area (Å²) in [6.07, 6.45) is 1.33. The second kappa shape index (κ2) is 6.28. The van der Waals surface area contributed by atoms with Crippen LogP contribution in [0.1, 0.15) is 27.2 Å². The van der Waals surface area contributed by atoms with E-state index in [0.29, 0.717) is 0 Å². The minimum atomic E-state index is 0.287. The second-order valence-corrected chi connectivity index (χ2v) is 2.43. The number of azo groups is 1. The molecule has 0 aliphatic heterocycles. The highest BCUT2D eigenvalue weighted by atomic mass is 15.3. The van der Waals surface area contributed by atoms with Crippen LogP contribution in [0, 0.1) is 0 Å². The zero-order chi connectivity index (χ0) is 8.69. The summed E-state index contributed by atoms with van der Waals surface area (Å²) in [5.74, 6) is 0. The van der Waals surface area contributed by atoms with E-state index in [1.54, 1.807) is 7.05 Å². The lowest BCUT2D eigenvalue weighted by Gasteiger charge is -2.23. The van der Waals surface area contributed by atoms with Crippen molar-refractivity contribution in [2.45, 2.75) is 33.4 Å². The Labute approximate surface area is 69.5 Å². The van der Waals surface area contributed by atoms with E-state index >= 15 is 0 Å². The average Bonchev–Trinajstić information content (AvgIpc) is 2.05. The zero-order valence-electron chi connectivity index (χ0n) is 8.04. The zero-order valence-corrected chi connectivity index (χ0v) is 8.04. The molecule has 3 heteroatoms. The van der Waals surface area contributed by atoms with Crippen molar-refractivity contribution in [1.29, 1.82) is 0 Å². The average molecular weight is 157 g/mol. The summed E-state index contributed by atoms with van der Waals surface area (Å²) >= 11 is 0. The first-order chi connectivity index (χ1) is 5.29. The van der Waals surface area contributed by atoms with Crippen LogP contribution < -0.4 is 0 Å². The molecule has 1 atom stereocenters. The van der Waals surface area contributed by atoms with Gasteiger partial charge >= 0.3 is 0 Å². The van der Waals surface area contributed by atoms with Gasteiger partial charge in [-0.2, -0.15) is 10.2 Å². The fraction of sp³-hybridized carbons (Fsp3) is 1.00. The molecule has 0 spiro atoms. The quantitative estimate of drug-likeness (QED) is 0.562. The van der Waals surface area contributed by atoms with Crippen LogP contribution in [0.4, 0.5) is 0 Å². The Hall–Kier alpha value is -0.440. The fourth-order valence-electron chi connectivity index (χ4n) is 1.19. The molecule has 3 nitrogen and oxygen atoms in total. The maximum Gasteiger partial charge on any atom is 0.123 e. The van der Waals surface area contributed by atoms with E-state index in [1.807, 2.05) is 0 Å². The molecule has 11 heavy (non-hydrogen) atoms. The van der Waals surface area contributed by atoms with Crippen LogP contribution in [0.25, 0.3) is 0 Å². The van der Waals surface area contributed by atoms with Gasteiger partial charge in [0.05, 0.1) is 0 Å². The first kappa shape index (κ1) is 10.6. The number of hydrogen-bond acceptors (Lipinski definition) is 3. The first-order valence-electron chi connectivity index (χ1n) is 4.33. The number of nitrogens with zero attached hydrogens (tertiary/aromatic N) is 3. The second-order valence-electron chi connectivity index (χ2n) is 2.43. The summed E-state index contributed by atoms with van der Waals surface area (Å²) < 4.78 is 0. The maximum absolute atomic E-state index is 4.14. The van der Waals surface area contributed by atoms with Gasteiger partial charge < -0.3 is 0 Å². The van der Waals surface area contributed by atoms with Crippen LogP contribution >= 0.6 is 0 Å². The Morgan fingerprint density at radius 2 is 1.73 bits per heavy atom. The lowest BCUT2D eigenvalue weighted by Crippen LogP contribution is -2.32. The molecule has 0 aliphatic rings. The summed E-state index contributed by atoms with van der Waals surface area (Å²) in [6, 6.07) is 0. The van der Waals surface area contributed by atoms with Crippen molar-refractivity contribution in [2.75, 3.05) is 20.1 Å². The molecule has 0 saturated heterocycles. The predicted octanol–water partition coefficient (Wildman–Crippen LogP) is 2.15. The predicted molar refractivity (Wildman–Crippen MR) is 47.8 cm³/mol. The summed E-state index contributed by atoms with van der Waals surface area (Å²) in [4.78, 5) is 2.30. The van der Waals surface area contributed by atoms with Gasteiger partial charge in [0.2, 0.25) is 0 Å². The Morgan fingerprint density at radius 1 is 1.18 bits per heavy atom. The Balaban J connectivity index is 3.97. The van der Waals surface area contributed by atoms with Gasteiger partial charge in [-0.05, 0) is 19.5 Å².